The molecule has 16 heavy (non-hydrogen) atoms. The Kier molecular flexibility index (Phi) is 4.74. The summed E-state index contributed by atoms with van der Waals surface area (Å²) < 4.78 is 0. The van der Waals surface area contributed by atoms with E-state index in [1.54, 1.807) is 0 Å². The molecule has 0 aromatic heterocycles. The molecule has 1 aliphatic rings. The highest BCUT2D eigenvalue weighted by Gasteiger charge is 2.32. The third kappa shape index (κ3) is 3.46. The second kappa shape index (κ2) is 5.64. The van der Waals surface area contributed by atoms with Gasteiger partial charge in [0, 0.05) is 25.7 Å². The Labute approximate surface area is 99.0 Å². The van der Waals surface area contributed by atoms with Crippen LogP contribution in [0.4, 0.5) is 0 Å². The van der Waals surface area contributed by atoms with Gasteiger partial charge in [0.1, 0.15) is 0 Å². The molecule has 0 radical (unpaired) electrons. The maximum absolute atomic E-state index is 12.2. The Bertz CT molecular complexity index is 240. The van der Waals surface area contributed by atoms with Gasteiger partial charge in [-0.1, -0.05) is 13.8 Å². The minimum absolute atomic E-state index is 0.0371. The molecule has 1 rings (SSSR count). The maximum Gasteiger partial charge on any atom is 0.241 e. The lowest BCUT2D eigenvalue weighted by atomic mass is 10.1. The SMILES string of the molecule is CC(C)CN1C(=O)C(CN(C)C)NCC1C. The summed E-state index contributed by atoms with van der Waals surface area (Å²) in [6.07, 6.45) is 0. The van der Waals surface area contributed by atoms with Crippen molar-refractivity contribution in [3.8, 4) is 0 Å². The number of rotatable bonds is 4. The van der Waals surface area contributed by atoms with E-state index in [1.807, 2.05) is 19.0 Å². The largest absolute Gasteiger partial charge is 0.337 e. The molecule has 2 unspecified atom stereocenters. The number of piperazine rings is 1. The van der Waals surface area contributed by atoms with Crippen LogP contribution in [0.15, 0.2) is 0 Å². The maximum atomic E-state index is 12.2. The second-order valence-corrected chi connectivity index (χ2v) is 5.46. The highest BCUT2D eigenvalue weighted by atomic mass is 16.2. The molecule has 4 nitrogen and oxygen atoms in total. The zero-order valence-corrected chi connectivity index (χ0v) is 11.2. The summed E-state index contributed by atoms with van der Waals surface area (Å²) in [6, 6.07) is 0.276. The summed E-state index contributed by atoms with van der Waals surface area (Å²) in [5.41, 5.74) is 0. The Morgan fingerprint density at radius 2 is 2.12 bits per heavy atom. The number of nitrogens with one attached hydrogen (secondary N) is 1. The van der Waals surface area contributed by atoms with Crippen molar-refractivity contribution in [1.29, 1.82) is 0 Å². The number of likely N-dealkylation sites (N-methyl/N-ethyl adjacent to an activating group) is 1. The molecule has 1 N–H and O–H groups in total. The van der Waals surface area contributed by atoms with Crippen molar-refractivity contribution in [2.75, 3.05) is 33.7 Å². The number of hydrogen-bond acceptors (Lipinski definition) is 3. The summed E-state index contributed by atoms with van der Waals surface area (Å²) >= 11 is 0. The number of nitrogens with zero attached hydrogens (tertiary/aromatic N) is 2. The second-order valence-electron chi connectivity index (χ2n) is 5.46. The Balaban J connectivity index is 2.63. The number of amides is 1. The minimum atomic E-state index is -0.0371. The van der Waals surface area contributed by atoms with Crippen LogP contribution in [0, 0.1) is 5.92 Å². The summed E-state index contributed by atoms with van der Waals surface area (Å²) in [6.45, 7) is 8.97. The lowest BCUT2D eigenvalue weighted by Crippen LogP contribution is -2.62. The van der Waals surface area contributed by atoms with Crippen LogP contribution in [-0.2, 0) is 4.79 Å². The van der Waals surface area contributed by atoms with E-state index in [1.165, 1.54) is 0 Å². The van der Waals surface area contributed by atoms with Crippen molar-refractivity contribution < 1.29 is 4.79 Å². The smallest absolute Gasteiger partial charge is 0.241 e. The number of carbonyl (C=O) groups is 1. The minimum Gasteiger partial charge on any atom is -0.337 e. The van der Waals surface area contributed by atoms with Crippen LogP contribution in [0.2, 0.25) is 0 Å². The van der Waals surface area contributed by atoms with E-state index in [4.69, 9.17) is 0 Å². The average molecular weight is 227 g/mol. The topological polar surface area (TPSA) is 35.6 Å². The first-order valence-electron chi connectivity index (χ1n) is 6.10. The highest BCUT2D eigenvalue weighted by Crippen LogP contribution is 2.11. The molecule has 0 spiro atoms. The standard InChI is InChI=1S/C12H25N3O/c1-9(2)7-15-10(3)6-13-11(12(15)16)8-14(4)5/h9-11,13H,6-8H2,1-5H3. The number of carbonyl (C=O) groups excluding carboxylic acids is 1. The lowest BCUT2D eigenvalue weighted by Gasteiger charge is -2.40. The molecular weight excluding hydrogens is 202 g/mol. The molecule has 2 atom stereocenters. The molecule has 0 bridgehead atoms. The van der Waals surface area contributed by atoms with E-state index in [0.717, 1.165) is 19.6 Å². The molecule has 1 amide bonds. The van der Waals surface area contributed by atoms with Gasteiger partial charge in [-0.25, -0.2) is 0 Å². The third-order valence-corrected chi connectivity index (χ3v) is 2.88. The van der Waals surface area contributed by atoms with E-state index in [0.29, 0.717) is 12.0 Å². The molecule has 0 aromatic rings. The van der Waals surface area contributed by atoms with Crippen LogP contribution in [0.25, 0.3) is 0 Å². The Hall–Kier alpha value is -0.610. The first-order valence-corrected chi connectivity index (χ1v) is 6.10. The van der Waals surface area contributed by atoms with Gasteiger partial charge in [0.05, 0.1) is 6.04 Å². The summed E-state index contributed by atoms with van der Waals surface area (Å²) in [5, 5.41) is 3.32. The van der Waals surface area contributed by atoms with Crippen molar-refractivity contribution in [2.24, 2.45) is 5.92 Å². The van der Waals surface area contributed by atoms with Gasteiger partial charge in [-0.15, -0.1) is 0 Å². The van der Waals surface area contributed by atoms with Gasteiger partial charge in [0.2, 0.25) is 5.91 Å². The van der Waals surface area contributed by atoms with Crippen LogP contribution >= 0.6 is 0 Å². The molecular formula is C12H25N3O. The molecule has 4 heteroatoms. The van der Waals surface area contributed by atoms with Gasteiger partial charge in [0.25, 0.3) is 0 Å². The van der Waals surface area contributed by atoms with Gasteiger partial charge < -0.3 is 15.1 Å². The monoisotopic (exact) mass is 227 g/mol. The first-order chi connectivity index (χ1) is 7.41. The predicted molar refractivity (Wildman–Crippen MR) is 66.4 cm³/mol. The molecule has 1 aliphatic heterocycles. The average Bonchev–Trinajstić information content (AvgIpc) is 2.16. The quantitative estimate of drug-likeness (QED) is 0.755. The zero-order chi connectivity index (χ0) is 12.3. The van der Waals surface area contributed by atoms with Crippen molar-refractivity contribution >= 4 is 5.91 Å². The van der Waals surface area contributed by atoms with Crippen molar-refractivity contribution in [1.82, 2.24) is 15.1 Å². The van der Waals surface area contributed by atoms with Crippen molar-refractivity contribution in [3.05, 3.63) is 0 Å². The molecule has 0 aromatic carbocycles. The van der Waals surface area contributed by atoms with E-state index >= 15 is 0 Å². The van der Waals surface area contributed by atoms with Crippen LogP contribution in [0.1, 0.15) is 20.8 Å². The normalized spacial score (nSPS) is 26.9. The van der Waals surface area contributed by atoms with Gasteiger partial charge in [-0.05, 0) is 26.9 Å². The van der Waals surface area contributed by atoms with Crippen LogP contribution in [-0.4, -0.2) is 61.5 Å². The molecule has 1 fully saturated rings. The van der Waals surface area contributed by atoms with E-state index in [2.05, 4.69) is 31.0 Å². The van der Waals surface area contributed by atoms with Crippen LogP contribution in [0.3, 0.4) is 0 Å². The van der Waals surface area contributed by atoms with E-state index in [9.17, 15) is 4.79 Å². The Morgan fingerprint density at radius 3 is 2.62 bits per heavy atom. The van der Waals surface area contributed by atoms with Gasteiger partial charge >= 0.3 is 0 Å². The van der Waals surface area contributed by atoms with Gasteiger partial charge in [-0.2, -0.15) is 0 Å². The molecule has 94 valence electrons. The summed E-state index contributed by atoms with van der Waals surface area (Å²) in [5.74, 6) is 0.783. The first kappa shape index (κ1) is 13.5. The van der Waals surface area contributed by atoms with Crippen molar-refractivity contribution in [2.45, 2.75) is 32.9 Å². The van der Waals surface area contributed by atoms with Crippen LogP contribution < -0.4 is 5.32 Å². The Morgan fingerprint density at radius 1 is 1.50 bits per heavy atom. The fourth-order valence-corrected chi connectivity index (χ4v) is 2.10. The fourth-order valence-electron chi connectivity index (χ4n) is 2.10. The lowest BCUT2D eigenvalue weighted by molar-refractivity contribution is -0.139. The molecule has 1 saturated heterocycles. The molecule has 1 heterocycles. The summed E-state index contributed by atoms with van der Waals surface area (Å²) in [4.78, 5) is 16.3. The van der Waals surface area contributed by atoms with Gasteiger partial charge in [-0.3, -0.25) is 4.79 Å². The highest BCUT2D eigenvalue weighted by molar-refractivity contribution is 5.83. The summed E-state index contributed by atoms with van der Waals surface area (Å²) in [7, 11) is 4.00. The number of hydrogen-bond donors (Lipinski definition) is 1. The third-order valence-electron chi connectivity index (χ3n) is 2.88. The fraction of sp³-hybridized carbons (Fsp3) is 0.917. The predicted octanol–water partition coefficient (Wildman–Crippen LogP) is 0.393. The van der Waals surface area contributed by atoms with Gasteiger partial charge in [0.15, 0.2) is 0 Å². The molecule has 0 aliphatic carbocycles. The van der Waals surface area contributed by atoms with Crippen molar-refractivity contribution in [3.63, 3.8) is 0 Å². The van der Waals surface area contributed by atoms with E-state index in [-0.39, 0.29) is 11.9 Å². The van der Waals surface area contributed by atoms with Crippen LogP contribution in [0.5, 0.6) is 0 Å². The zero-order valence-electron chi connectivity index (χ0n) is 11.2. The van der Waals surface area contributed by atoms with E-state index < -0.39 is 0 Å². The molecule has 0 saturated carbocycles.